The highest BCUT2D eigenvalue weighted by molar-refractivity contribution is 5.62. The van der Waals surface area contributed by atoms with Crippen molar-refractivity contribution in [3.8, 4) is 11.3 Å². The third-order valence-electron chi connectivity index (χ3n) is 3.69. The first-order chi connectivity index (χ1) is 10.6. The fourth-order valence-electron chi connectivity index (χ4n) is 2.70. The highest BCUT2D eigenvalue weighted by atomic mass is 14.9. The van der Waals surface area contributed by atoms with Gasteiger partial charge in [0, 0.05) is 22.7 Å². The van der Waals surface area contributed by atoms with Gasteiger partial charge in [-0.1, -0.05) is 17.7 Å². The van der Waals surface area contributed by atoms with E-state index in [1.807, 2.05) is 17.7 Å². The van der Waals surface area contributed by atoms with E-state index in [0.29, 0.717) is 11.1 Å². The molecule has 98 valence electrons. The molecule has 19 heavy (non-hydrogen) atoms. The molecule has 0 atom stereocenters. The van der Waals surface area contributed by atoms with Crippen molar-refractivity contribution in [1.29, 1.82) is 0 Å². The zero-order chi connectivity index (χ0) is 17.0. The van der Waals surface area contributed by atoms with E-state index >= 15 is 0 Å². The first kappa shape index (κ1) is 8.52. The van der Waals surface area contributed by atoms with E-state index in [2.05, 4.69) is 32.0 Å². The summed E-state index contributed by atoms with van der Waals surface area (Å²) in [5.41, 5.74) is 5.27. The molecular weight excluding hydrogens is 230 g/mol. The van der Waals surface area contributed by atoms with Gasteiger partial charge in [0.05, 0.1) is 0 Å². The molecule has 0 radical (unpaired) electrons. The zero-order valence-corrected chi connectivity index (χ0v) is 11.7. The van der Waals surface area contributed by atoms with Crippen LogP contribution in [0.2, 0.25) is 0 Å². The molecule has 0 saturated heterocycles. The SMILES string of the molecule is [2H]C1([2H])CCC([2H])([2H])c2c[n+](C)c(-c3ccc(C)cc3C)cc21. The molecule has 1 nitrogen and oxygen atoms in total. The molecule has 0 N–H and O–H groups in total. The van der Waals surface area contributed by atoms with E-state index in [1.54, 1.807) is 6.20 Å². The van der Waals surface area contributed by atoms with Crippen LogP contribution in [0.3, 0.4) is 0 Å². The Labute approximate surface area is 121 Å². The van der Waals surface area contributed by atoms with E-state index in [4.69, 9.17) is 5.48 Å². The Kier molecular flexibility index (Phi) is 2.16. The summed E-state index contributed by atoms with van der Waals surface area (Å²) in [5.74, 6) is 0. The number of fused-ring (bicyclic) bond motifs is 1. The van der Waals surface area contributed by atoms with E-state index < -0.39 is 12.7 Å². The molecule has 0 spiro atoms. The fourth-order valence-corrected chi connectivity index (χ4v) is 2.70. The number of hydrogen-bond donors (Lipinski definition) is 0. The Hall–Kier alpha value is -1.63. The van der Waals surface area contributed by atoms with Crippen LogP contribution >= 0.6 is 0 Å². The topological polar surface area (TPSA) is 3.88 Å². The second-order valence-corrected chi connectivity index (χ2v) is 5.27. The van der Waals surface area contributed by atoms with Crippen LogP contribution in [-0.4, -0.2) is 0 Å². The molecule has 3 rings (SSSR count). The first-order valence-electron chi connectivity index (χ1n) is 8.74. The Morgan fingerprint density at radius 2 is 1.79 bits per heavy atom. The van der Waals surface area contributed by atoms with Gasteiger partial charge in [0.25, 0.3) is 0 Å². The number of pyridine rings is 1. The van der Waals surface area contributed by atoms with Gasteiger partial charge < -0.3 is 0 Å². The minimum Gasteiger partial charge on any atom is -0.201 e. The van der Waals surface area contributed by atoms with Crippen molar-refractivity contribution >= 4 is 0 Å². The Morgan fingerprint density at radius 1 is 1.05 bits per heavy atom. The van der Waals surface area contributed by atoms with E-state index in [9.17, 15) is 0 Å². The minimum atomic E-state index is -1.48. The lowest BCUT2D eigenvalue weighted by Gasteiger charge is -2.15. The molecule has 1 aromatic carbocycles. The zero-order valence-electron chi connectivity index (χ0n) is 15.7. The monoisotopic (exact) mass is 256 g/mol. The van der Waals surface area contributed by atoms with E-state index in [0.717, 1.165) is 16.8 Å². The van der Waals surface area contributed by atoms with Crippen LogP contribution in [0.1, 0.15) is 40.6 Å². The van der Waals surface area contributed by atoms with Crippen LogP contribution < -0.4 is 4.57 Å². The second kappa shape index (κ2) is 4.80. The van der Waals surface area contributed by atoms with Crippen LogP contribution in [0.5, 0.6) is 0 Å². The highest BCUT2D eigenvalue weighted by Crippen LogP contribution is 2.26. The van der Waals surface area contributed by atoms with E-state index in [-0.39, 0.29) is 12.8 Å². The summed E-state index contributed by atoms with van der Waals surface area (Å²) in [6.07, 6.45) is -0.758. The maximum atomic E-state index is 8.29. The summed E-state index contributed by atoms with van der Waals surface area (Å²) < 4.78 is 34.9. The van der Waals surface area contributed by atoms with Crippen LogP contribution in [0, 0.1) is 13.8 Å². The van der Waals surface area contributed by atoms with Gasteiger partial charge in [-0.05, 0) is 56.6 Å². The number of aryl methyl sites for hydroxylation is 5. The maximum Gasteiger partial charge on any atom is 0.212 e. The smallest absolute Gasteiger partial charge is 0.201 e. The molecule has 2 aromatic rings. The van der Waals surface area contributed by atoms with Crippen molar-refractivity contribution in [3.05, 3.63) is 52.7 Å². The molecule has 0 amide bonds. The average Bonchev–Trinajstić information content (AvgIpc) is 2.44. The number of nitrogens with zero attached hydrogens (tertiary/aromatic N) is 1. The van der Waals surface area contributed by atoms with Crippen LogP contribution in [-0.2, 0) is 19.8 Å². The Balaban J connectivity index is 2.26. The van der Waals surface area contributed by atoms with Crippen molar-refractivity contribution in [3.63, 3.8) is 0 Å². The van der Waals surface area contributed by atoms with Crippen molar-refractivity contribution < 1.29 is 10.1 Å². The Morgan fingerprint density at radius 3 is 2.53 bits per heavy atom. The van der Waals surface area contributed by atoms with Gasteiger partial charge in [0.1, 0.15) is 7.05 Å². The normalized spacial score (nSPS) is 22.7. The van der Waals surface area contributed by atoms with Crippen molar-refractivity contribution in [2.24, 2.45) is 7.05 Å². The van der Waals surface area contributed by atoms with Gasteiger partial charge in [0.2, 0.25) is 5.69 Å². The van der Waals surface area contributed by atoms with Crippen molar-refractivity contribution in [2.75, 3.05) is 0 Å². The summed E-state index contributed by atoms with van der Waals surface area (Å²) in [4.78, 5) is 0. The number of rotatable bonds is 1. The molecule has 0 aliphatic heterocycles. The van der Waals surface area contributed by atoms with Crippen LogP contribution in [0.4, 0.5) is 0 Å². The number of hydrogen-bond acceptors (Lipinski definition) is 0. The van der Waals surface area contributed by atoms with Crippen molar-refractivity contribution in [1.82, 2.24) is 0 Å². The summed E-state index contributed by atoms with van der Waals surface area (Å²) in [6, 6.07) is 8.06. The van der Waals surface area contributed by atoms with Gasteiger partial charge in [-0.3, -0.25) is 0 Å². The quantitative estimate of drug-likeness (QED) is 0.685. The minimum absolute atomic E-state index is 0.215. The summed E-state index contributed by atoms with van der Waals surface area (Å²) in [5, 5.41) is 0. The average molecular weight is 256 g/mol. The van der Waals surface area contributed by atoms with Gasteiger partial charge >= 0.3 is 0 Å². The predicted octanol–water partition coefficient (Wildman–Crippen LogP) is 3.67. The lowest BCUT2D eigenvalue weighted by atomic mass is 9.91. The summed E-state index contributed by atoms with van der Waals surface area (Å²) in [7, 11) is 1.90. The number of aromatic nitrogens is 1. The van der Waals surface area contributed by atoms with Crippen LogP contribution in [0.25, 0.3) is 11.3 Å². The maximum absolute atomic E-state index is 8.29. The predicted molar refractivity (Wildman–Crippen MR) is 79.2 cm³/mol. The van der Waals surface area contributed by atoms with Gasteiger partial charge in [-0.2, -0.15) is 0 Å². The lowest BCUT2D eigenvalue weighted by molar-refractivity contribution is -0.660. The molecule has 0 bridgehead atoms. The molecule has 1 aromatic heterocycles. The lowest BCUT2D eigenvalue weighted by Crippen LogP contribution is -2.32. The van der Waals surface area contributed by atoms with Crippen molar-refractivity contribution in [2.45, 2.75) is 39.4 Å². The molecule has 1 aliphatic rings. The summed E-state index contributed by atoms with van der Waals surface area (Å²) in [6.45, 7) is 4.10. The third-order valence-corrected chi connectivity index (χ3v) is 3.69. The fraction of sp³-hybridized carbons (Fsp3) is 0.389. The molecule has 1 heterocycles. The largest absolute Gasteiger partial charge is 0.212 e. The van der Waals surface area contributed by atoms with E-state index in [1.165, 1.54) is 5.56 Å². The molecule has 1 heteroatoms. The van der Waals surface area contributed by atoms with Crippen LogP contribution in [0.15, 0.2) is 30.5 Å². The van der Waals surface area contributed by atoms with Gasteiger partial charge in [0.15, 0.2) is 6.20 Å². The first-order valence-corrected chi connectivity index (χ1v) is 6.74. The molecule has 0 fully saturated rings. The standard InChI is InChI=1S/C18H22N/c1-13-8-9-17(14(2)10-13)18-11-15-6-4-5-7-16(15)12-19(18)3/h8-12H,4-7H2,1-3H3/q+1/i6D2,7D2. The molecular formula is C18H22N+. The Bertz CT molecular complexity index is 781. The third kappa shape index (κ3) is 2.30. The molecule has 0 saturated carbocycles. The second-order valence-electron chi connectivity index (χ2n) is 5.27. The molecule has 0 unspecified atom stereocenters. The van der Waals surface area contributed by atoms with Gasteiger partial charge in [-0.15, -0.1) is 0 Å². The van der Waals surface area contributed by atoms with Gasteiger partial charge in [-0.25, -0.2) is 4.57 Å². The number of benzene rings is 1. The summed E-state index contributed by atoms with van der Waals surface area (Å²) >= 11 is 0. The highest BCUT2D eigenvalue weighted by Gasteiger charge is 2.19. The molecule has 1 aliphatic carbocycles.